The number of aryl methyl sites for hydroxylation is 2. The molecule has 0 radical (unpaired) electrons. The number of halogens is 1. The summed E-state index contributed by atoms with van der Waals surface area (Å²) in [5.74, 6) is 0. The van der Waals surface area contributed by atoms with Gasteiger partial charge in [-0.3, -0.25) is 0 Å². The van der Waals surface area contributed by atoms with E-state index in [1.165, 1.54) is 0 Å². The molecule has 4 nitrogen and oxygen atoms in total. The van der Waals surface area contributed by atoms with Crippen molar-refractivity contribution in [2.75, 3.05) is 0 Å². The minimum absolute atomic E-state index is 0.832. The van der Waals surface area contributed by atoms with Gasteiger partial charge in [-0.05, 0) is 49.2 Å². The van der Waals surface area contributed by atoms with E-state index in [0.717, 1.165) is 43.0 Å². The quantitative estimate of drug-likeness (QED) is 0.368. The SMILES string of the molecule is Cc1cccc(C)c1N=c1scc(-c2ccc(Br)cc2)n1N=Cc1ccc[nH]1. The van der Waals surface area contributed by atoms with Gasteiger partial charge in [0.25, 0.3) is 0 Å². The molecule has 28 heavy (non-hydrogen) atoms. The topological polar surface area (TPSA) is 45.4 Å². The van der Waals surface area contributed by atoms with Gasteiger partial charge in [-0.1, -0.05) is 46.3 Å². The molecule has 1 N–H and O–H groups in total. The van der Waals surface area contributed by atoms with E-state index in [2.05, 4.69) is 70.5 Å². The molecule has 2 aromatic heterocycles. The van der Waals surface area contributed by atoms with Gasteiger partial charge in [0.1, 0.15) is 0 Å². The molecule has 2 heterocycles. The first kappa shape index (κ1) is 18.7. The van der Waals surface area contributed by atoms with Crippen molar-refractivity contribution >= 4 is 39.2 Å². The summed E-state index contributed by atoms with van der Waals surface area (Å²) in [6.07, 6.45) is 3.70. The number of aromatic amines is 1. The predicted octanol–water partition coefficient (Wildman–Crippen LogP) is 6.04. The Morgan fingerprint density at radius 1 is 1.00 bits per heavy atom. The van der Waals surface area contributed by atoms with Gasteiger partial charge in [0, 0.05) is 21.6 Å². The first-order chi connectivity index (χ1) is 13.6. The Labute approximate surface area is 176 Å². The van der Waals surface area contributed by atoms with E-state index < -0.39 is 0 Å². The van der Waals surface area contributed by atoms with Gasteiger partial charge in [-0.2, -0.15) is 5.10 Å². The second kappa shape index (κ2) is 8.12. The zero-order valence-electron chi connectivity index (χ0n) is 15.6. The summed E-state index contributed by atoms with van der Waals surface area (Å²) < 4.78 is 2.95. The van der Waals surface area contributed by atoms with Crippen LogP contribution in [0.4, 0.5) is 5.69 Å². The lowest BCUT2D eigenvalue weighted by atomic mass is 10.1. The molecular weight excluding hydrogens is 432 g/mol. The Morgan fingerprint density at radius 3 is 2.43 bits per heavy atom. The molecule has 0 aliphatic heterocycles. The summed E-state index contributed by atoms with van der Waals surface area (Å²) in [5, 5.41) is 6.83. The molecule has 0 spiro atoms. The first-order valence-corrected chi connectivity index (χ1v) is 10.5. The highest BCUT2D eigenvalue weighted by Crippen LogP contribution is 2.25. The van der Waals surface area contributed by atoms with Crippen molar-refractivity contribution < 1.29 is 0 Å². The second-order valence-electron chi connectivity index (χ2n) is 6.44. The zero-order chi connectivity index (χ0) is 19.5. The van der Waals surface area contributed by atoms with Gasteiger partial charge in [-0.25, -0.2) is 9.67 Å². The number of H-pyrrole nitrogens is 1. The van der Waals surface area contributed by atoms with Gasteiger partial charge >= 0.3 is 0 Å². The molecule has 0 aliphatic carbocycles. The van der Waals surface area contributed by atoms with Gasteiger partial charge in [0.05, 0.1) is 23.3 Å². The summed E-state index contributed by atoms with van der Waals surface area (Å²) in [5.41, 5.74) is 6.34. The molecule has 0 saturated heterocycles. The van der Waals surface area contributed by atoms with E-state index in [9.17, 15) is 0 Å². The van der Waals surface area contributed by atoms with Crippen LogP contribution in [0.3, 0.4) is 0 Å². The third-order valence-corrected chi connectivity index (χ3v) is 5.75. The Kier molecular flexibility index (Phi) is 5.41. The number of benzene rings is 2. The number of thiazole rings is 1. The first-order valence-electron chi connectivity index (χ1n) is 8.87. The van der Waals surface area contributed by atoms with E-state index in [0.29, 0.717) is 0 Å². The van der Waals surface area contributed by atoms with E-state index in [1.54, 1.807) is 11.3 Å². The normalized spacial score (nSPS) is 12.2. The molecule has 2 aromatic carbocycles. The molecular formula is C22H19BrN4S. The van der Waals surface area contributed by atoms with Crippen molar-refractivity contribution in [2.45, 2.75) is 13.8 Å². The van der Waals surface area contributed by atoms with Crippen LogP contribution >= 0.6 is 27.3 Å². The molecule has 4 aromatic rings. The summed E-state index contributed by atoms with van der Waals surface area (Å²) in [6.45, 7) is 4.17. The standard InChI is InChI=1S/C22H19BrN4S/c1-15-5-3-6-16(2)21(15)26-22-27(25-13-19-7-4-12-24-19)20(14-28-22)17-8-10-18(23)11-9-17/h3-14,24H,1-2H3. The Morgan fingerprint density at radius 2 is 1.75 bits per heavy atom. The molecule has 0 bridgehead atoms. The minimum Gasteiger partial charge on any atom is -0.360 e. The highest BCUT2D eigenvalue weighted by atomic mass is 79.9. The number of nitrogens with one attached hydrogen (secondary N) is 1. The number of hydrogen-bond donors (Lipinski definition) is 1. The molecule has 0 atom stereocenters. The molecule has 0 aliphatic rings. The van der Waals surface area contributed by atoms with Crippen LogP contribution in [-0.4, -0.2) is 15.9 Å². The zero-order valence-corrected chi connectivity index (χ0v) is 18.0. The summed E-state index contributed by atoms with van der Waals surface area (Å²) in [4.78, 5) is 8.94. The fraction of sp³-hybridized carbons (Fsp3) is 0.0909. The summed E-state index contributed by atoms with van der Waals surface area (Å²) in [6, 6.07) is 18.4. The van der Waals surface area contributed by atoms with Crippen LogP contribution in [0.5, 0.6) is 0 Å². The molecule has 6 heteroatoms. The molecule has 0 amide bonds. The number of rotatable bonds is 4. The van der Waals surface area contributed by atoms with Gasteiger partial charge < -0.3 is 4.98 Å². The lowest BCUT2D eigenvalue weighted by Gasteiger charge is -2.05. The van der Waals surface area contributed by atoms with Crippen LogP contribution < -0.4 is 4.80 Å². The third-order valence-electron chi connectivity index (χ3n) is 4.41. The van der Waals surface area contributed by atoms with Crippen LogP contribution in [0, 0.1) is 13.8 Å². The van der Waals surface area contributed by atoms with Crippen LogP contribution in [0.1, 0.15) is 16.8 Å². The van der Waals surface area contributed by atoms with Crippen molar-refractivity contribution in [1.29, 1.82) is 0 Å². The summed E-state index contributed by atoms with van der Waals surface area (Å²) >= 11 is 5.09. The Hall–Kier alpha value is -2.70. The van der Waals surface area contributed by atoms with E-state index in [-0.39, 0.29) is 0 Å². The van der Waals surface area contributed by atoms with E-state index in [1.807, 2.05) is 41.4 Å². The fourth-order valence-corrected chi connectivity index (χ4v) is 4.04. The van der Waals surface area contributed by atoms with Crippen molar-refractivity contribution in [1.82, 2.24) is 9.66 Å². The van der Waals surface area contributed by atoms with Crippen molar-refractivity contribution in [3.63, 3.8) is 0 Å². The highest BCUT2D eigenvalue weighted by Gasteiger charge is 2.09. The third kappa shape index (κ3) is 3.93. The average molecular weight is 451 g/mol. The molecule has 0 fully saturated rings. The number of aromatic nitrogens is 2. The van der Waals surface area contributed by atoms with Gasteiger partial charge in [0.2, 0.25) is 4.80 Å². The fourth-order valence-electron chi connectivity index (χ4n) is 2.93. The van der Waals surface area contributed by atoms with Crippen molar-refractivity contribution in [3.8, 4) is 11.3 Å². The van der Waals surface area contributed by atoms with Crippen molar-refractivity contribution in [3.05, 3.63) is 92.3 Å². The maximum absolute atomic E-state index is 4.95. The predicted molar refractivity (Wildman–Crippen MR) is 120 cm³/mol. The molecule has 4 rings (SSSR count). The van der Waals surface area contributed by atoms with Gasteiger partial charge in [0.15, 0.2) is 0 Å². The van der Waals surface area contributed by atoms with Crippen LogP contribution in [0.2, 0.25) is 0 Å². The Bertz CT molecular complexity index is 1160. The number of hydrogen-bond acceptors (Lipinski definition) is 3. The lowest BCUT2D eigenvalue weighted by Crippen LogP contribution is -2.12. The Balaban J connectivity index is 1.89. The van der Waals surface area contributed by atoms with E-state index in [4.69, 9.17) is 10.1 Å². The lowest BCUT2D eigenvalue weighted by molar-refractivity contribution is 0.853. The number of para-hydroxylation sites is 1. The van der Waals surface area contributed by atoms with Crippen LogP contribution in [0.25, 0.3) is 11.3 Å². The molecule has 140 valence electrons. The highest BCUT2D eigenvalue weighted by molar-refractivity contribution is 9.10. The van der Waals surface area contributed by atoms with E-state index >= 15 is 0 Å². The van der Waals surface area contributed by atoms with Crippen LogP contribution in [-0.2, 0) is 0 Å². The molecule has 0 saturated carbocycles. The maximum Gasteiger partial charge on any atom is 0.211 e. The smallest absolute Gasteiger partial charge is 0.211 e. The number of nitrogens with zero attached hydrogens (tertiary/aromatic N) is 3. The van der Waals surface area contributed by atoms with Crippen molar-refractivity contribution in [2.24, 2.45) is 10.1 Å². The average Bonchev–Trinajstić information content (AvgIpc) is 3.34. The maximum atomic E-state index is 4.95. The monoisotopic (exact) mass is 450 g/mol. The minimum atomic E-state index is 0.832. The van der Waals surface area contributed by atoms with Crippen LogP contribution in [0.15, 0.2) is 80.7 Å². The second-order valence-corrected chi connectivity index (χ2v) is 8.20. The molecule has 0 unspecified atom stereocenters. The largest absolute Gasteiger partial charge is 0.360 e. The van der Waals surface area contributed by atoms with Gasteiger partial charge in [-0.15, -0.1) is 11.3 Å². The summed E-state index contributed by atoms with van der Waals surface area (Å²) in [7, 11) is 0.